The van der Waals surface area contributed by atoms with Crippen molar-refractivity contribution in [2.24, 2.45) is 0 Å². The molecule has 0 aromatic heterocycles. The van der Waals surface area contributed by atoms with Crippen LogP contribution in [0, 0.1) is 0 Å². The molecule has 0 spiro atoms. The summed E-state index contributed by atoms with van der Waals surface area (Å²) in [5.41, 5.74) is 0. The van der Waals surface area contributed by atoms with Gasteiger partial charge in [-0.15, -0.1) is 0 Å². The molecule has 0 unspecified atom stereocenters. The Morgan fingerprint density at radius 3 is 0.538 bits per heavy atom. The van der Waals surface area contributed by atoms with Crippen LogP contribution in [-0.2, 0) is 73.2 Å². The van der Waals surface area contributed by atoms with Crippen molar-refractivity contribution in [3.8, 4) is 0 Å². The zero-order chi connectivity index (χ0) is 9.00. The molecule has 0 atom stereocenters. The number of rotatable bonds is 0. The first kappa shape index (κ1) is 29.8. The van der Waals surface area contributed by atoms with Gasteiger partial charge in [-0.3, -0.25) is 0 Å². The first-order valence-corrected chi connectivity index (χ1v) is 9.80. The Kier molecular flexibility index (Phi) is 30.5. The van der Waals surface area contributed by atoms with Crippen LogP contribution in [0.3, 0.4) is 0 Å². The summed E-state index contributed by atoms with van der Waals surface area (Å²) in [5.74, 6) is 0. The molecule has 0 aliphatic carbocycles. The monoisotopic (exact) mass is 648 g/mol. The van der Waals surface area contributed by atoms with Crippen molar-refractivity contribution in [1.82, 2.24) is 0 Å². The van der Waals surface area contributed by atoms with Crippen molar-refractivity contribution in [2.45, 2.75) is 0 Å². The van der Waals surface area contributed by atoms with E-state index in [1.165, 1.54) is 0 Å². The first-order valence-electron chi connectivity index (χ1n) is 1.46. The Hall–Kier alpha value is 3.22. The first-order chi connectivity index (χ1) is 4.00. The molecule has 0 bridgehead atoms. The predicted octanol–water partition coefficient (Wildman–Crippen LogP) is -8.14. The van der Waals surface area contributed by atoms with E-state index in [2.05, 4.69) is 0 Å². The third-order valence-corrected chi connectivity index (χ3v) is 0. The van der Waals surface area contributed by atoms with Gasteiger partial charge in [-0.25, -0.2) is 0 Å². The summed E-state index contributed by atoms with van der Waals surface area (Å²) in [5, 5.41) is 0. The van der Waals surface area contributed by atoms with Crippen LogP contribution in [0.5, 0.6) is 0 Å². The molecule has 0 N–H and O–H groups in total. The second-order valence-corrected chi connectivity index (χ2v) is 6.00. The molecule has 0 fully saturated rings. The van der Waals surface area contributed by atoms with Crippen LogP contribution in [0.25, 0.3) is 0 Å². The Morgan fingerprint density at radius 2 is 0.538 bits per heavy atom. The van der Waals surface area contributed by atoms with Gasteiger partial charge in [-0.2, -0.15) is 0 Å². The standard InChI is InChI=1S/3Nb.8O.2Sb/q3*+2;;;6*-1;;. The van der Waals surface area contributed by atoms with Gasteiger partial charge in [0.05, 0.1) is 0 Å². The van der Waals surface area contributed by atoms with E-state index in [9.17, 15) is 0 Å². The molecular weight excluding hydrogens is 650 g/mol. The Labute approximate surface area is 131 Å². The van der Waals surface area contributed by atoms with Gasteiger partial charge in [-0.05, 0) is 0 Å². The second kappa shape index (κ2) is 13.3. The average Bonchev–Trinajstić information content (AvgIpc) is 1.12. The van der Waals surface area contributed by atoms with Crippen molar-refractivity contribution in [3.63, 3.8) is 0 Å². The van der Waals surface area contributed by atoms with E-state index in [0.29, 0.717) is 0 Å². The maximum absolute atomic E-state index is 8.64. The zero-order valence-electron chi connectivity index (χ0n) is 5.50. The van der Waals surface area contributed by atoms with E-state index in [4.69, 9.17) is 26.3 Å². The Bertz CT molecular complexity index is 130. The van der Waals surface area contributed by atoms with E-state index in [0.717, 1.165) is 0 Å². The fourth-order valence-corrected chi connectivity index (χ4v) is 0. The van der Waals surface area contributed by atoms with Crippen LogP contribution < -0.4 is 20.3 Å². The van der Waals surface area contributed by atoms with Gasteiger partial charge in [0.1, 0.15) is 0 Å². The summed E-state index contributed by atoms with van der Waals surface area (Å²) >= 11 is -12.2. The van der Waals surface area contributed by atoms with Crippen LogP contribution >= 0.6 is 0 Å². The summed E-state index contributed by atoms with van der Waals surface area (Å²) in [6.45, 7) is 0. The van der Waals surface area contributed by atoms with Gasteiger partial charge < -0.3 is 0 Å². The molecule has 0 aliphatic heterocycles. The van der Waals surface area contributed by atoms with E-state index >= 15 is 0 Å². The van der Waals surface area contributed by atoms with Crippen molar-refractivity contribution in [3.05, 3.63) is 0 Å². The normalized spacial score (nSPS) is 9.08. The summed E-state index contributed by atoms with van der Waals surface area (Å²) in [4.78, 5) is 0. The second-order valence-electron chi connectivity index (χ2n) is 0.894. The summed E-state index contributed by atoms with van der Waals surface area (Å²) in [6.07, 6.45) is 0. The van der Waals surface area contributed by atoms with Crippen molar-refractivity contribution < 1.29 is 93.5 Å². The topological polar surface area (TPSA) is 172 Å². The molecule has 0 amide bonds. The predicted molar refractivity (Wildman–Crippen MR) is 12.9 cm³/mol. The zero-order valence-corrected chi connectivity index (χ0v) is 17.2. The average molecular weight is 650 g/mol. The van der Waals surface area contributed by atoms with Gasteiger partial charge in [0.15, 0.2) is 0 Å². The maximum atomic E-state index is 8.64. The molecular formula is Nb3O8Sb2. The number of hydrogen-bond donors (Lipinski definition) is 0. The van der Waals surface area contributed by atoms with Gasteiger partial charge >= 0.3 is 134 Å². The van der Waals surface area contributed by atoms with E-state index in [1.807, 2.05) is 0 Å². The van der Waals surface area contributed by atoms with Crippen molar-refractivity contribution >= 4 is 40.1 Å². The van der Waals surface area contributed by atoms with Crippen LogP contribution in [-0.4, -0.2) is 40.1 Å². The summed E-state index contributed by atoms with van der Waals surface area (Å²) < 4.78 is 69.1. The Balaban J connectivity index is -0.0000000267. The Morgan fingerprint density at radius 1 is 0.538 bits per heavy atom. The fraction of sp³-hybridized carbons (Fsp3) is 0. The molecule has 8 nitrogen and oxygen atoms in total. The molecule has 0 rings (SSSR count). The molecule has 13 heavy (non-hydrogen) atoms. The molecule has 3 radical (unpaired) electrons. The minimum absolute atomic E-state index is 0. The SMILES string of the molecule is [Nb+2].[Nb+2].[Nb+2].[O]=[Sb]([O-])([O-])[O-].[O]=[Sb]([O-])([O-])[O-]. The number of hydrogen-bond acceptors (Lipinski definition) is 8. The molecule has 0 aromatic carbocycles. The van der Waals surface area contributed by atoms with Crippen LogP contribution in [0.4, 0.5) is 0 Å². The molecule has 73 valence electrons. The van der Waals surface area contributed by atoms with Gasteiger partial charge in [0, 0.05) is 0 Å². The molecule has 0 heterocycles. The van der Waals surface area contributed by atoms with Crippen LogP contribution in [0.1, 0.15) is 0 Å². The summed E-state index contributed by atoms with van der Waals surface area (Å²) in [7, 11) is 0. The van der Waals surface area contributed by atoms with Crippen LogP contribution in [0.15, 0.2) is 0 Å². The molecule has 0 aromatic rings. The van der Waals surface area contributed by atoms with E-state index in [1.54, 1.807) is 0 Å². The fourth-order valence-electron chi connectivity index (χ4n) is 0. The van der Waals surface area contributed by atoms with Crippen molar-refractivity contribution in [1.29, 1.82) is 0 Å². The summed E-state index contributed by atoms with van der Waals surface area (Å²) in [6, 6.07) is 0. The quantitative estimate of drug-likeness (QED) is 0.233. The minimum atomic E-state index is -6.10. The van der Waals surface area contributed by atoms with E-state index in [-0.39, 0.29) is 67.1 Å². The molecule has 0 saturated carbocycles. The van der Waals surface area contributed by atoms with Gasteiger partial charge in [0.25, 0.3) is 0 Å². The third-order valence-electron chi connectivity index (χ3n) is 0. The van der Waals surface area contributed by atoms with E-state index < -0.39 is 40.1 Å². The van der Waals surface area contributed by atoms with Gasteiger partial charge in [0.2, 0.25) is 0 Å². The van der Waals surface area contributed by atoms with Crippen LogP contribution in [0.2, 0.25) is 0 Å². The third kappa shape index (κ3) is 257. The molecule has 13 heteroatoms. The molecule has 0 aliphatic rings. The van der Waals surface area contributed by atoms with Gasteiger partial charge in [-0.1, -0.05) is 0 Å². The molecule has 0 saturated heterocycles. The van der Waals surface area contributed by atoms with Crippen molar-refractivity contribution in [2.75, 3.05) is 0 Å².